The predicted octanol–water partition coefficient (Wildman–Crippen LogP) is 5.23. The zero-order valence-corrected chi connectivity index (χ0v) is 16.0. The fourth-order valence-corrected chi connectivity index (χ4v) is 3.97. The van der Waals surface area contributed by atoms with Crippen molar-refractivity contribution in [3.05, 3.63) is 70.1 Å². The average Bonchev–Trinajstić information content (AvgIpc) is 3.14. The van der Waals surface area contributed by atoms with Crippen molar-refractivity contribution >= 4 is 39.8 Å². The molecule has 0 saturated carbocycles. The second-order valence-electron chi connectivity index (χ2n) is 5.66. The van der Waals surface area contributed by atoms with E-state index in [0.717, 1.165) is 12.2 Å². The molecule has 1 heterocycles. The lowest BCUT2D eigenvalue weighted by molar-refractivity contribution is -0.384. The van der Waals surface area contributed by atoms with Crippen molar-refractivity contribution in [1.82, 2.24) is 4.98 Å². The van der Waals surface area contributed by atoms with E-state index < -0.39 is 4.92 Å². The summed E-state index contributed by atoms with van der Waals surface area (Å²) in [5, 5.41) is 15.9. The Labute approximate surface area is 164 Å². The number of thiazole rings is 1. The number of nitrogens with one attached hydrogen (secondary N) is 1. The van der Waals surface area contributed by atoms with E-state index >= 15 is 0 Å². The summed E-state index contributed by atoms with van der Waals surface area (Å²) < 4.78 is 0. The van der Waals surface area contributed by atoms with Crippen molar-refractivity contribution in [2.75, 3.05) is 11.1 Å². The molecule has 0 aliphatic rings. The minimum absolute atomic E-state index is 0.0157. The second-order valence-corrected chi connectivity index (χ2v) is 7.69. The van der Waals surface area contributed by atoms with Gasteiger partial charge in [0, 0.05) is 34.4 Å². The van der Waals surface area contributed by atoms with E-state index in [-0.39, 0.29) is 11.6 Å². The number of nitro groups is 1. The molecular formula is C19H17N3O3S2. The number of rotatable bonds is 8. The maximum atomic E-state index is 12.1. The first-order valence-corrected chi connectivity index (χ1v) is 10.2. The number of nitro benzene ring substituents is 1. The van der Waals surface area contributed by atoms with E-state index in [2.05, 4.69) is 22.4 Å². The number of amides is 1. The number of aromatic nitrogens is 1. The monoisotopic (exact) mass is 399 g/mol. The number of non-ortho nitro benzene ring substituents is 1. The fourth-order valence-electron chi connectivity index (χ4n) is 2.36. The smallest absolute Gasteiger partial charge is 0.270 e. The molecule has 138 valence electrons. The van der Waals surface area contributed by atoms with E-state index in [1.54, 1.807) is 29.3 Å². The normalized spacial score (nSPS) is 10.5. The van der Waals surface area contributed by atoms with Crippen molar-refractivity contribution in [1.29, 1.82) is 0 Å². The van der Waals surface area contributed by atoms with Crippen LogP contribution in [0.15, 0.2) is 64.9 Å². The minimum Gasteiger partial charge on any atom is -0.302 e. The molecule has 3 rings (SSSR count). The molecule has 0 radical (unpaired) electrons. The van der Waals surface area contributed by atoms with Crippen LogP contribution in [0.5, 0.6) is 0 Å². The summed E-state index contributed by atoms with van der Waals surface area (Å²) in [6.07, 6.45) is 1.19. The van der Waals surface area contributed by atoms with Gasteiger partial charge in [-0.25, -0.2) is 4.98 Å². The average molecular weight is 399 g/mol. The number of carbonyl (C=O) groups excluding carboxylic acids is 1. The number of anilines is 1. The number of nitrogens with zero attached hydrogens (tertiary/aromatic N) is 2. The Hall–Kier alpha value is -2.71. The van der Waals surface area contributed by atoms with Crippen LogP contribution in [-0.4, -0.2) is 21.6 Å². The number of hydrogen-bond acceptors (Lipinski definition) is 6. The van der Waals surface area contributed by atoms with Crippen LogP contribution in [0.2, 0.25) is 0 Å². The molecule has 1 aromatic heterocycles. The Morgan fingerprint density at radius 2 is 2.00 bits per heavy atom. The Balaban J connectivity index is 1.49. The second kappa shape index (κ2) is 9.29. The van der Waals surface area contributed by atoms with Crippen LogP contribution in [0.1, 0.15) is 12.8 Å². The Bertz CT molecular complexity index is 929. The van der Waals surface area contributed by atoms with Gasteiger partial charge in [0.1, 0.15) is 0 Å². The van der Waals surface area contributed by atoms with E-state index in [9.17, 15) is 14.9 Å². The third-order valence-corrected chi connectivity index (χ3v) is 5.52. The van der Waals surface area contributed by atoms with Crippen molar-refractivity contribution in [3.8, 4) is 11.3 Å². The van der Waals surface area contributed by atoms with Gasteiger partial charge >= 0.3 is 0 Å². The van der Waals surface area contributed by atoms with Gasteiger partial charge in [-0.2, -0.15) is 0 Å². The van der Waals surface area contributed by atoms with Gasteiger partial charge in [-0.05, 0) is 24.3 Å². The maximum absolute atomic E-state index is 12.1. The van der Waals surface area contributed by atoms with Crippen LogP contribution in [-0.2, 0) is 4.79 Å². The maximum Gasteiger partial charge on any atom is 0.270 e. The van der Waals surface area contributed by atoms with Crippen LogP contribution < -0.4 is 5.32 Å². The summed E-state index contributed by atoms with van der Waals surface area (Å²) in [6, 6.07) is 16.4. The summed E-state index contributed by atoms with van der Waals surface area (Å²) >= 11 is 3.03. The highest BCUT2D eigenvalue weighted by Gasteiger charge is 2.11. The summed E-state index contributed by atoms with van der Waals surface area (Å²) in [5.41, 5.74) is 1.28. The summed E-state index contributed by atoms with van der Waals surface area (Å²) in [5.74, 6) is 0.789. The molecule has 1 amide bonds. The lowest BCUT2D eigenvalue weighted by atomic mass is 10.1. The van der Waals surface area contributed by atoms with Gasteiger partial charge in [0.25, 0.3) is 5.69 Å². The van der Waals surface area contributed by atoms with E-state index in [1.165, 1.54) is 28.4 Å². The highest BCUT2D eigenvalue weighted by molar-refractivity contribution is 7.99. The lowest BCUT2D eigenvalue weighted by Crippen LogP contribution is -2.11. The van der Waals surface area contributed by atoms with Gasteiger partial charge in [0.2, 0.25) is 5.91 Å². The van der Waals surface area contributed by atoms with Gasteiger partial charge in [0.15, 0.2) is 5.13 Å². The predicted molar refractivity (Wildman–Crippen MR) is 109 cm³/mol. The Morgan fingerprint density at radius 3 is 2.78 bits per heavy atom. The molecule has 8 heteroatoms. The van der Waals surface area contributed by atoms with E-state index in [0.29, 0.717) is 22.8 Å². The summed E-state index contributed by atoms with van der Waals surface area (Å²) in [6.45, 7) is 0. The largest absolute Gasteiger partial charge is 0.302 e. The van der Waals surface area contributed by atoms with Gasteiger partial charge in [-0.1, -0.05) is 30.3 Å². The van der Waals surface area contributed by atoms with Crippen LogP contribution in [0, 0.1) is 10.1 Å². The molecule has 3 aromatic rings. The molecule has 0 saturated heterocycles. The number of thioether (sulfide) groups is 1. The molecule has 0 spiro atoms. The molecule has 0 bridgehead atoms. The van der Waals surface area contributed by atoms with Gasteiger partial charge in [-0.3, -0.25) is 14.9 Å². The van der Waals surface area contributed by atoms with Gasteiger partial charge < -0.3 is 5.32 Å². The van der Waals surface area contributed by atoms with Crippen molar-refractivity contribution in [3.63, 3.8) is 0 Å². The third-order valence-electron chi connectivity index (χ3n) is 3.66. The highest BCUT2D eigenvalue weighted by Crippen LogP contribution is 2.27. The van der Waals surface area contributed by atoms with Crippen molar-refractivity contribution in [2.24, 2.45) is 0 Å². The molecule has 0 fully saturated rings. The Kier molecular flexibility index (Phi) is 6.56. The van der Waals surface area contributed by atoms with Crippen LogP contribution in [0.4, 0.5) is 10.8 Å². The van der Waals surface area contributed by atoms with Crippen LogP contribution in [0.3, 0.4) is 0 Å². The standard InChI is InChI=1S/C19H17N3O3S2/c23-18(10-5-11-26-16-8-2-1-3-9-16)21-19-20-17(13-27-19)14-6-4-7-15(12-14)22(24)25/h1-4,6-9,12-13H,5,10-11H2,(H,20,21,23). The molecule has 1 N–H and O–H groups in total. The van der Waals surface area contributed by atoms with Crippen molar-refractivity contribution in [2.45, 2.75) is 17.7 Å². The van der Waals surface area contributed by atoms with Crippen molar-refractivity contribution < 1.29 is 9.72 Å². The molecule has 0 aliphatic carbocycles. The molecule has 27 heavy (non-hydrogen) atoms. The zero-order chi connectivity index (χ0) is 19.1. The molecule has 0 atom stereocenters. The number of benzene rings is 2. The first-order valence-electron chi connectivity index (χ1n) is 8.30. The number of carbonyl (C=O) groups is 1. The molecule has 0 unspecified atom stereocenters. The first kappa shape index (κ1) is 19.1. The van der Waals surface area contributed by atoms with Crippen LogP contribution >= 0.6 is 23.1 Å². The third kappa shape index (κ3) is 5.63. The first-order chi connectivity index (χ1) is 13.1. The molecule has 6 nitrogen and oxygen atoms in total. The zero-order valence-electron chi connectivity index (χ0n) is 14.3. The van der Waals surface area contributed by atoms with E-state index in [4.69, 9.17) is 0 Å². The molecule has 0 aliphatic heterocycles. The Morgan fingerprint density at radius 1 is 1.19 bits per heavy atom. The van der Waals surface area contributed by atoms with Crippen LogP contribution in [0.25, 0.3) is 11.3 Å². The van der Waals surface area contributed by atoms with Gasteiger partial charge in [0.05, 0.1) is 10.6 Å². The van der Waals surface area contributed by atoms with E-state index in [1.807, 2.05) is 18.2 Å². The number of hydrogen-bond donors (Lipinski definition) is 1. The lowest BCUT2D eigenvalue weighted by Gasteiger charge is -2.02. The minimum atomic E-state index is -0.438. The molecule has 2 aromatic carbocycles. The molecular weight excluding hydrogens is 382 g/mol. The summed E-state index contributed by atoms with van der Waals surface area (Å²) in [4.78, 5) is 28.1. The topological polar surface area (TPSA) is 85.1 Å². The summed E-state index contributed by atoms with van der Waals surface area (Å²) in [7, 11) is 0. The quantitative estimate of drug-likeness (QED) is 0.243. The SMILES string of the molecule is O=C(CCCSc1ccccc1)Nc1nc(-c2cccc([N+](=O)[O-])c2)cs1. The van der Waals surface area contributed by atoms with Gasteiger partial charge in [-0.15, -0.1) is 23.1 Å². The highest BCUT2D eigenvalue weighted by atomic mass is 32.2. The fraction of sp³-hybridized carbons (Fsp3) is 0.158.